The lowest BCUT2D eigenvalue weighted by Crippen LogP contribution is -2.18. The molecule has 0 spiro atoms. The largest absolute Gasteiger partial charge is 0.469 e. The van der Waals surface area contributed by atoms with Crippen LogP contribution in [0.2, 0.25) is 0 Å². The number of hydrogen-bond acceptors (Lipinski definition) is 4. The van der Waals surface area contributed by atoms with E-state index in [1.54, 1.807) is 19.9 Å². The van der Waals surface area contributed by atoms with Crippen LogP contribution in [0, 0.1) is 5.92 Å². The number of carbonyl (C=O) groups is 2. The van der Waals surface area contributed by atoms with Crippen LogP contribution in [-0.4, -0.2) is 25.2 Å². The lowest BCUT2D eigenvalue weighted by molar-refractivity contribution is -0.147. The molecule has 4 heteroatoms. The number of ether oxygens (including phenoxy) is 2. The Labute approximate surface area is 76.5 Å². The Kier molecular flexibility index (Phi) is 2.70. The van der Waals surface area contributed by atoms with Gasteiger partial charge in [0.05, 0.1) is 18.6 Å². The van der Waals surface area contributed by atoms with E-state index in [4.69, 9.17) is 4.74 Å². The standard InChI is InChI=1S/C9H12O4/c1-5-4-7(9(11)13-5)6(2)8(10)12-3/h4-6H,1-3H3. The number of cyclic esters (lactones) is 1. The Morgan fingerprint density at radius 1 is 1.69 bits per heavy atom. The van der Waals surface area contributed by atoms with Crippen molar-refractivity contribution in [1.29, 1.82) is 0 Å². The molecule has 0 aromatic rings. The molecule has 0 saturated carbocycles. The van der Waals surface area contributed by atoms with E-state index in [1.165, 1.54) is 7.11 Å². The molecule has 1 heterocycles. The molecule has 0 radical (unpaired) electrons. The lowest BCUT2D eigenvalue weighted by Gasteiger charge is -2.07. The number of carbonyl (C=O) groups excluding carboxylic acids is 2. The molecule has 0 aromatic carbocycles. The SMILES string of the molecule is COC(=O)C(C)C1=CC(C)OC1=O. The van der Waals surface area contributed by atoms with Gasteiger partial charge in [-0.3, -0.25) is 4.79 Å². The van der Waals surface area contributed by atoms with Crippen LogP contribution in [0.5, 0.6) is 0 Å². The topological polar surface area (TPSA) is 52.6 Å². The van der Waals surface area contributed by atoms with E-state index < -0.39 is 17.9 Å². The fraction of sp³-hybridized carbons (Fsp3) is 0.556. The molecule has 1 rings (SSSR count). The van der Waals surface area contributed by atoms with Crippen molar-refractivity contribution in [2.45, 2.75) is 20.0 Å². The van der Waals surface area contributed by atoms with E-state index in [-0.39, 0.29) is 6.10 Å². The first-order chi connectivity index (χ1) is 6.06. The van der Waals surface area contributed by atoms with Gasteiger partial charge in [-0.05, 0) is 19.9 Å². The molecule has 0 aliphatic carbocycles. The van der Waals surface area contributed by atoms with Gasteiger partial charge in [0.15, 0.2) is 0 Å². The first-order valence-electron chi connectivity index (χ1n) is 4.06. The average Bonchev–Trinajstić information content (AvgIpc) is 2.42. The Balaban J connectivity index is 2.77. The highest BCUT2D eigenvalue weighted by atomic mass is 16.5. The smallest absolute Gasteiger partial charge is 0.335 e. The third kappa shape index (κ3) is 1.88. The van der Waals surface area contributed by atoms with Gasteiger partial charge in [-0.2, -0.15) is 0 Å². The zero-order valence-electron chi connectivity index (χ0n) is 7.87. The van der Waals surface area contributed by atoms with Gasteiger partial charge in [-0.1, -0.05) is 0 Å². The quantitative estimate of drug-likeness (QED) is 0.592. The van der Waals surface area contributed by atoms with Crippen LogP contribution < -0.4 is 0 Å². The van der Waals surface area contributed by atoms with Crippen LogP contribution in [0.1, 0.15) is 13.8 Å². The monoisotopic (exact) mass is 184 g/mol. The molecule has 0 aromatic heterocycles. The summed E-state index contributed by atoms with van der Waals surface area (Å²) in [7, 11) is 1.29. The van der Waals surface area contributed by atoms with Crippen LogP contribution in [0.3, 0.4) is 0 Å². The minimum atomic E-state index is -0.539. The van der Waals surface area contributed by atoms with Gasteiger partial charge in [0, 0.05) is 0 Å². The van der Waals surface area contributed by atoms with Crippen molar-refractivity contribution >= 4 is 11.9 Å². The zero-order chi connectivity index (χ0) is 10.0. The Bertz CT molecular complexity index is 267. The van der Waals surface area contributed by atoms with Gasteiger partial charge in [0.1, 0.15) is 6.10 Å². The summed E-state index contributed by atoms with van der Waals surface area (Å²) in [5.41, 5.74) is 0.388. The molecule has 1 aliphatic rings. The van der Waals surface area contributed by atoms with Crippen molar-refractivity contribution in [2.75, 3.05) is 7.11 Å². The van der Waals surface area contributed by atoms with Crippen molar-refractivity contribution < 1.29 is 19.1 Å². The summed E-state index contributed by atoms with van der Waals surface area (Å²) < 4.78 is 9.37. The maximum Gasteiger partial charge on any atom is 0.335 e. The van der Waals surface area contributed by atoms with Crippen LogP contribution in [0.15, 0.2) is 11.6 Å². The van der Waals surface area contributed by atoms with E-state index in [1.807, 2.05) is 0 Å². The van der Waals surface area contributed by atoms with Crippen molar-refractivity contribution in [3.63, 3.8) is 0 Å². The fourth-order valence-electron chi connectivity index (χ4n) is 1.22. The van der Waals surface area contributed by atoms with Crippen LogP contribution >= 0.6 is 0 Å². The van der Waals surface area contributed by atoms with Crippen LogP contribution in [-0.2, 0) is 19.1 Å². The second-order valence-corrected chi connectivity index (χ2v) is 2.98. The van der Waals surface area contributed by atoms with Crippen LogP contribution in [0.4, 0.5) is 0 Å². The van der Waals surface area contributed by atoms with E-state index in [0.29, 0.717) is 5.57 Å². The minimum Gasteiger partial charge on any atom is -0.469 e. The molecular formula is C9H12O4. The van der Waals surface area contributed by atoms with Crippen molar-refractivity contribution in [2.24, 2.45) is 5.92 Å². The molecule has 2 unspecified atom stereocenters. The Morgan fingerprint density at radius 3 is 2.69 bits per heavy atom. The van der Waals surface area contributed by atoms with Crippen molar-refractivity contribution in [3.05, 3.63) is 11.6 Å². The summed E-state index contributed by atoms with van der Waals surface area (Å²) in [6.07, 6.45) is 1.40. The normalized spacial score (nSPS) is 23.5. The summed E-state index contributed by atoms with van der Waals surface area (Å²) in [4.78, 5) is 22.2. The van der Waals surface area contributed by atoms with Crippen LogP contribution in [0.25, 0.3) is 0 Å². The highest BCUT2D eigenvalue weighted by Gasteiger charge is 2.30. The maximum atomic E-state index is 11.1. The molecule has 4 nitrogen and oxygen atoms in total. The third-order valence-corrected chi connectivity index (χ3v) is 1.96. The van der Waals surface area contributed by atoms with Gasteiger partial charge < -0.3 is 9.47 Å². The third-order valence-electron chi connectivity index (χ3n) is 1.96. The van der Waals surface area contributed by atoms with Gasteiger partial charge in [0.25, 0.3) is 0 Å². The number of methoxy groups -OCH3 is 1. The molecular weight excluding hydrogens is 172 g/mol. The minimum absolute atomic E-state index is 0.241. The predicted octanol–water partition coefficient (Wildman–Crippen LogP) is 0.667. The van der Waals surface area contributed by atoms with Crippen molar-refractivity contribution in [1.82, 2.24) is 0 Å². The maximum absolute atomic E-state index is 11.1. The van der Waals surface area contributed by atoms with Gasteiger partial charge in [-0.25, -0.2) is 4.79 Å². The highest BCUT2D eigenvalue weighted by Crippen LogP contribution is 2.21. The number of hydrogen-bond donors (Lipinski definition) is 0. The predicted molar refractivity (Wildman–Crippen MR) is 44.8 cm³/mol. The summed E-state index contributed by atoms with van der Waals surface area (Å²) in [6.45, 7) is 3.37. The second-order valence-electron chi connectivity index (χ2n) is 2.98. The van der Waals surface area contributed by atoms with E-state index in [0.717, 1.165) is 0 Å². The van der Waals surface area contributed by atoms with Gasteiger partial charge in [-0.15, -0.1) is 0 Å². The summed E-state index contributed by atoms with van der Waals surface area (Å²) >= 11 is 0. The molecule has 0 fully saturated rings. The van der Waals surface area contributed by atoms with E-state index >= 15 is 0 Å². The summed E-state index contributed by atoms with van der Waals surface area (Å²) in [5.74, 6) is -1.38. The molecule has 0 bridgehead atoms. The molecule has 0 N–H and O–H groups in total. The second kappa shape index (κ2) is 3.60. The summed E-state index contributed by atoms with van der Waals surface area (Å²) in [5, 5.41) is 0. The van der Waals surface area contributed by atoms with Gasteiger partial charge >= 0.3 is 11.9 Å². The summed E-state index contributed by atoms with van der Waals surface area (Å²) in [6, 6.07) is 0. The average molecular weight is 184 g/mol. The van der Waals surface area contributed by atoms with Gasteiger partial charge in [0.2, 0.25) is 0 Å². The first kappa shape index (κ1) is 9.77. The fourth-order valence-corrected chi connectivity index (χ4v) is 1.22. The molecule has 0 amide bonds. The Hall–Kier alpha value is -1.32. The first-order valence-corrected chi connectivity index (χ1v) is 4.06. The van der Waals surface area contributed by atoms with Crippen molar-refractivity contribution in [3.8, 4) is 0 Å². The molecule has 1 aliphatic heterocycles. The molecule has 0 saturated heterocycles. The lowest BCUT2D eigenvalue weighted by atomic mass is 10.0. The highest BCUT2D eigenvalue weighted by molar-refractivity contribution is 5.97. The zero-order valence-corrected chi connectivity index (χ0v) is 7.87. The molecule has 13 heavy (non-hydrogen) atoms. The number of esters is 2. The van der Waals surface area contributed by atoms with E-state index in [2.05, 4.69) is 4.74 Å². The molecule has 2 atom stereocenters. The Morgan fingerprint density at radius 2 is 2.31 bits per heavy atom. The molecule has 72 valence electrons. The van der Waals surface area contributed by atoms with E-state index in [9.17, 15) is 9.59 Å². The number of rotatable bonds is 2.